The molecule has 0 amide bonds. The standard InChI is InChI=1S/C13H13FOS/c1-9-2-3-12(14)6-11(9)7-13(15)10-4-5-16-8-10/h2-6,8,13,15H,7H2,1H3. The number of rotatable bonds is 3. The summed E-state index contributed by atoms with van der Waals surface area (Å²) in [6, 6.07) is 6.57. The van der Waals surface area contributed by atoms with Gasteiger partial charge in [-0.2, -0.15) is 11.3 Å². The average Bonchev–Trinajstić information content (AvgIpc) is 2.76. The van der Waals surface area contributed by atoms with Crippen LogP contribution in [0.15, 0.2) is 35.0 Å². The van der Waals surface area contributed by atoms with Crippen molar-refractivity contribution in [1.29, 1.82) is 0 Å². The maximum Gasteiger partial charge on any atom is 0.123 e. The molecule has 0 aliphatic heterocycles. The summed E-state index contributed by atoms with van der Waals surface area (Å²) in [6.07, 6.45) is -0.0906. The molecule has 1 heterocycles. The van der Waals surface area contributed by atoms with E-state index in [4.69, 9.17) is 0 Å². The molecule has 1 N–H and O–H groups in total. The molecule has 16 heavy (non-hydrogen) atoms. The van der Waals surface area contributed by atoms with Gasteiger partial charge < -0.3 is 5.11 Å². The normalized spacial score (nSPS) is 12.7. The third-order valence-electron chi connectivity index (χ3n) is 2.65. The van der Waals surface area contributed by atoms with Crippen molar-refractivity contribution in [2.75, 3.05) is 0 Å². The predicted octanol–water partition coefficient (Wildman–Crippen LogP) is 3.47. The quantitative estimate of drug-likeness (QED) is 0.865. The maximum atomic E-state index is 13.1. The Bertz CT molecular complexity index is 465. The summed E-state index contributed by atoms with van der Waals surface area (Å²) in [7, 11) is 0. The minimum absolute atomic E-state index is 0.252. The smallest absolute Gasteiger partial charge is 0.123 e. The largest absolute Gasteiger partial charge is 0.388 e. The lowest BCUT2D eigenvalue weighted by Gasteiger charge is -2.11. The molecule has 0 aliphatic carbocycles. The molecule has 1 aromatic carbocycles. The Morgan fingerprint density at radius 3 is 2.88 bits per heavy atom. The molecular formula is C13H13FOS. The van der Waals surface area contributed by atoms with E-state index in [9.17, 15) is 9.50 Å². The number of aryl methyl sites for hydroxylation is 1. The molecule has 0 radical (unpaired) electrons. The fraction of sp³-hybridized carbons (Fsp3) is 0.231. The van der Waals surface area contributed by atoms with Crippen LogP contribution < -0.4 is 0 Å². The Kier molecular flexibility index (Phi) is 3.36. The van der Waals surface area contributed by atoms with Gasteiger partial charge in [0, 0.05) is 6.42 Å². The van der Waals surface area contributed by atoms with E-state index < -0.39 is 6.10 Å². The summed E-state index contributed by atoms with van der Waals surface area (Å²) in [5.41, 5.74) is 2.77. The molecule has 0 bridgehead atoms. The van der Waals surface area contributed by atoms with Crippen LogP contribution in [0.3, 0.4) is 0 Å². The molecule has 0 spiro atoms. The molecule has 0 saturated carbocycles. The van der Waals surface area contributed by atoms with Gasteiger partial charge in [0.1, 0.15) is 5.82 Å². The summed E-state index contributed by atoms with van der Waals surface area (Å²) >= 11 is 1.55. The SMILES string of the molecule is Cc1ccc(F)cc1CC(O)c1ccsc1. The maximum absolute atomic E-state index is 13.1. The second kappa shape index (κ2) is 4.76. The zero-order valence-corrected chi connectivity index (χ0v) is 9.80. The second-order valence-electron chi connectivity index (χ2n) is 3.85. The van der Waals surface area contributed by atoms with Gasteiger partial charge in [0.25, 0.3) is 0 Å². The Hall–Kier alpha value is -1.19. The highest BCUT2D eigenvalue weighted by Gasteiger charge is 2.11. The molecule has 1 atom stereocenters. The number of halogens is 1. The van der Waals surface area contributed by atoms with Crippen molar-refractivity contribution in [3.63, 3.8) is 0 Å². The van der Waals surface area contributed by atoms with Crippen molar-refractivity contribution in [1.82, 2.24) is 0 Å². The summed E-state index contributed by atoms with van der Waals surface area (Å²) < 4.78 is 13.1. The number of thiophene rings is 1. The van der Waals surface area contributed by atoms with Crippen LogP contribution in [-0.4, -0.2) is 5.11 Å². The highest BCUT2D eigenvalue weighted by atomic mass is 32.1. The fourth-order valence-electron chi connectivity index (χ4n) is 1.65. The van der Waals surface area contributed by atoms with E-state index in [-0.39, 0.29) is 5.82 Å². The number of aliphatic hydroxyl groups is 1. The summed E-state index contributed by atoms with van der Waals surface area (Å²) in [5, 5.41) is 13.8. The van der Waals surface area contributed by atoms with Crippen molar-refractivity contribution in [2.24, 2.45) is 0 Å². The Labute approximate surface area is 98.2 Å². The highest BCUT2D eigenvalue weighted by molar-refractivity contribution is 7.07. The first-order valence-corrected chi connectivity index (χ1v) is 6.06. The zero-order valence-electron chi connectivity index (χ0n) is 8.98. The Balaban J connectivity index is 2.17. The summed E-state index contributed by atoms with van der Waals surface area (Å²) in [5.74, 6) is -0.252. The van der Waals surface area contributed by atoms with Crippen molar-refractivity contribution in [2.45, 2.75) is 19.4 Å². The van der Waals surface area contributed by atoms with E-state index in [2.05, 4.69) is 0 Å². The van der Waals surface area contributed by atoms with Gasteiger partial charge >= 0.3 is 0 Å². The number of benzene rings is 1. The van der Waals surface area contributed by atoms with Crippen molar-refractivity contribution in [3.05, 3.63) is 57.5 Å². The lowest BCUT2D eigenvalue weighted by Crippen LogP contribution is -2.02. The van der Waals surface area contributed by atoms with Crippen LogP contribution in [0.5, 0.6) is 0 Å². The molecule has 1 aromatic heterocycles. The monoisotopic (exact) mass is 236 g/mol. The van der Waals surface area contributed by atoms with E-state index in [0.29, 0.717) is 6.42 Å². The first-order chi connectivity index (χ1) is 7.66. The van der Waals surface area contributed by atoms with Gasteiger partial charge in [0.05, 0.1) is 6.10 Å². The molecule has 2 rings (SSSR count). The molecule has 0 fully saturated rings. The molecule has 1 nitrogen and oxygen atoms in total. The van der Waals surface area contributed by atoms with E-state index in [0.717, 1.165) is 16.7 Å². The van der Waals surface area contributed by atoms with E-state index in [1.54, 1.807) is 17.4 Å². The molecule has 84 valence electrons. The zero-order chi connectivity index (χ0) is 11.5. The molecular weight excluding hydrogens is 223 g/mol. The second-order valence-corrected chi connectivity index (χ2v) is 4.63. The van der Waals surface area contributed by atoms with Crippen LogP contribution >= 0.6 is 11.3 Å². The molecule has 3 heteroatoms. The van der Waals surface area contributed by atoms with Crippen molar-refractivity contribution < 1.29 is 9.50 Å². The van der Waals surface area contributed by atoms with Crippen molar-refractivity contribution >= 4 is 11.3 Å². The number of hydrogen-bond donors (Lipinski definition) is 1. The van der Waals surface area contributed by atoms with Gasteiger partial charge in [0.2, 0.25) is 0 Å². The Morgan fingerprint density at radius 1 is 1.38 bits per heavy atom. The fourth-order valence-corrected chi connectivity index (χ4v) is 2.36. The topological polar surface area (TPSA) is 20.2 Å². The van der Waals surface area contributed by atoms with E-state index in [1.807, 2.05) is 23.8 Å². The third kappa shape index (κ3) is 2.49. The molecule has 1 unspecified atom stereocenters. The summed E-state index contributed by atoms with van der Waals surface area (Å²) in [4.78, 5) is 0. The van der Waals surface area contributed by atoms with Crippen LogP contribution in [0.2, 0.25) is 0 Å². The van der Waals surface area contributed by atoms with E-state index >= 15 is 0 Å². The first kappa shape index (κ1) is 11.3. The first-order valence-electron chi connectivity index (χ1n) is 5.12. The highest BCUT2D eigenvalue weighted by Crippen LogP contribution is 2.22. The third-order valence-corrected chi connectivity index (χ3v) is 3.35. The number of hydrogen-bond acceptors (Lipinski definition) is 2. The van der Waals surface area contributed by atoms with Gasteiger partial charge in [0.15, 0.2) is 0 Å². The average molecular weight is 236 g/mol. The van der Waals surface area contributed by atoms with Crippen LogP contribution in [-0.2, 0) is 6.42 Å². The van der Waals surface area contributed by atoms with Crippen LogP contribution in [0.4, 0.5) is 4.39 Å². The molecule has 0 saturated heterocycles. The molecule has 2 aromatic rings. The minimum Gasteiger partial charge on any atom is -0.388 e. The van der Waals surface area contributed by atoms with Crippen LogP contribution in [0.25, 0.3) is 0 Å². The van der Waals surface area contributed by atoms with Gasteiger partial charge in [-0.15, -0.1) is 0 Å². The predicted molar refractivity (Wildman–Crippen MR) is 64.1 cm³/mol. The van der Waals surface area contributed by atoms with Crippen LogP contribution in [0, 0.1) is 12.7 Å². The molecule has 0 aliphatic rings. The van der Waals surface area contributed by atoms with Crippen molar-refractivity contribution in [3.8, 4) is 0 Å². The number of aliphatic hydroxyl groups excluding tert-OH is 1. The lowest BCUT2D eigenvalue weighted by molar-refractivity contribution is 0.178. The minimum atomic E-state index is -0.549. The Morgan fingerprint density at radius 2 is 2.19 bits per heavy atom. The van der Waals surface area contributed by atoms with Gasteiger partial charge in [-0.25, -0.2) is 4.39 Å². The van der Waals surface area contributed by atoms with Gasteiger partial charge in [-0.1, -0.05) is 6.07 Å². The summed E-state index contributed by atoms with van der Waals surface area (Å²) in [6.45, 7) is 1.93. The van der Waals surface area contributed by atoms with Gasteiger partial charge in [-0.3, -0.25) is 0 Å². The van der Waals surface area contributed by atoms with E-state index in [1.165, 1.54) is 12.1 Å². The lowest BCUT2D eigenvalue weighted by atomic mass is 10.00. The van der Waals surface area contributed by atoms with Crippen LogP contribution in [0.1, 0.15) is 22.8 Å². The van der Waals surface area contributed by atoms with Gasteiger partial charge in [-0.05, 0) is 52.6 Å².